The topological polar surface area (TPSA) is 132 Å². The highest BCUT2D eigenvalue weighted by Gasteiger charge is 2.18. The summed E-state index contributed by atoms with van der Waals surface area (Å²) < 4.78 is 22.7. The van der Waals surface area contributed by atoms with Crippen LogP contribution in [0.4, 0.5) is 9.59 Å². The van der Waals surface area contributed by atoms with Gasteiger partial charge in [0.15, 0.2) is 6.29 Å². The molecule has 3 atom stereocenters. The molecule has 58 heavy (non-hydrogen) atoms. The summed E-state index contributed by atoms with van der Waals surface area (Å²) in [4.78, 5) is 41.0. The Morgan fingerprint density at radius 1 is 0.672 bits per heavy atom. The van der Waals surface area contributed by atoms with E-state index in [4.69, 9.17) is 18.9 Å². The van der Waals surface area contributed by atoms with E-state index in [1.807, 2.05) is 54.6 Å². The Kier molecular flexibility index (Phi) is 21.3. The molecule has 0 radical (unpaired) electrons. The van der Waals surface area contributed by atoms with E-state index < -0.39 is 24.4 Å². The molecule has 0 spiro atoms. The third kappa shape index (κ3) is 18.4. The van der Waals surface area contributed by atoms with Crippen LogP contribution in [0.3, 0.4) is 0 Å². The molecular formula is C43H47BrN2O8S4. The monoisotopic (exact) mass is 926 g/mol. The van der Waals surface area contributed by atoms with Crippen LogP contribution in [0.25, 0.3) is 11.1 Å². The van der Waals surface area contributed by atoms with E-state index in [0.29, 0.717) is 28.6 Å². The number of aliphatic hydroxyl groups excluding tert-OH is 1. The molecule has 308 valence electrons. The maximum atomic E-state index is 12.6. The van der Waals surface area contributed by atoms with Crippen molar-refractivity contribution < 1.29 is 38.4 Å². The number of aliphatic hydroxyl groups is 1. The molecule has 10 nitrogen and oxygen atoms in total. The number of esters is 1. The first kappa shape index (κ1) is 46.9. The maximum Gasteiger partial charge on any atom is 0.407 e. The average molecular weight is 928 g/mol. The van der Waals surface area contributed by atoms with Gasteiger partial charge in [-0.15, -0.1) is 47.0 Å². The molecule has 4 aromatic rings. The lowest BCUT2D eigenvalue weighted by molar-refractivity contribution is -0.138. The van der Waals surface area contributed by atoms with Crippen molar-refractivity contribution in [2.24, 2.45) is 0 Å². The predicted octanol–water partition coefficient (Wildman–Crippen LogP) is 9.71. The van der Waals surface area contributed by atoms with E-state index in [-0.39, 0.29) is 38.5 Å². The molecule has 0 heterocycles. The van der Waals surface area contributed by atoms with Crippen LogP contribution in [-0.4, -0.2) is 91.1 Å². The van der Waals surface area contributed by atoms with Gasteiger partial charge in [-0.2, -0.15) is 0 Å². The first-order valence-corrected chi connectivity index (χ1v) is 23.0. The standard InChI is InChI=1S/C43H47BrN2O8S4/c1-4-40(47)51-24-22-45-42(49)54-35(29-58-39-20-14-33(44)15-21-39)28-57-38-18-12-32(13-19-38)31-10-16-37(17-11-31)56-27-34(26-55-36-8-6-5-7-9-36)53-43(50)46-23-25-52-41(48)30(2)3/h4-21,34-35,40,47H,1-2,22-29H2,3H3,(H,45,49)(H,46,50). The van der Waals surface area contributed by atoms with Crippen LogP contribution < -0.4 is 10.6 Å². The van der Waals surface area contributed by atoms with Gasteiger partial charge in [-0.05, 0) is 84.8 Å². The van der Waals surface area contributed by atoms with E-state index in [1.54, 1.807) is 54.0 Å². The number of rotatable bonds is 24. The number of nitrogens with one attached hydrogen (secondary N) is 2. The van der Waals surface area contributed by atoms with Crippen LogP contribution in [0.5, 0.6) is 0 Å². The van der Waals surface area contributed by atoms with Crippen molar-refractivity contribution in [3.8, 4) is 11.1 Å². The molecule has 0 aliphatic heterocycles. The fourth-order valence-corrected chi connectivity index (χ4v) is 8.89. The van der Waals surface area contributed by atoms with Crippen molar-refractivity contribution in [2.45, 2.75) is 45.0 Å². The molecule has 0 bridgehead atoms. The first-order chi connectivity index (χ1) is 28.1. The minimum atomic E-state index is -1.09. The molecule has 0 saturated carbocycles. The van der Waals surface area contributed by atoms with Crippen molar-refractivity contribution >= 4 is 81.1 Å². The summed E-state index contributed by atoms with van der Waals surface area (Å²) in [5, 5.41) is 14.8. The molecule has 0 saturated heterocycles. The second kappa shape index (κ2) is 26.3. The molecule has 3 N–H and O–H groups in total. The van der Waals surface area contributed by atoms with Crippen molar-refractivity contribution in [1.82, 2.24) is 10.6 Å². The van der Waals surface area contributed by atoms with Gasteiger partial charge in [0, 0.05) is 59.2 Å². The van der Waals surface area contributed by atoms with Gasteiger partial charge in [-0.3, -0.25) is 0 Å². The highest BCUT2D eigenvalue weighted by molar-refractivity contribution is 9.10. The quantitative estimate of drug-likeness (QED) is 0.0118. The zero-order valence-electron chi connectivity index (χ0n) is 32.0. The predicted molar refractivity (Wildman–Crippen MR) is 240 cm³/mol. The molecule has 0 aliphatic carbocycles. The van der Waals surface area contributed by atoms with Crippen LogP contribution >= 0.6 is 63.0 Å². The smallest absolute Gasteiger partial charge is 0.407 e. The van der Waals surface area contributed by atoms with Crippen LogP contribution in [0.2, 0.25) is 0 Å². The van der Waals surface area contributed by atoms with E-state index in [0.717, 1.165) is 35.2 Å². The molecule has 0 aliphatic rings. The SMILES string of the molecule is C=CC(O)OCCNC(=O)OC(CSc1ccc(Br)cc1)CSc1ccc(-c2ccc(SCC(CSc3ccccc3)OC(=O)NCCOC(=O)C(=C)C)cc2)cc1. The lowest BCUT2D eigenvalue weighted by Gasteiger charge is -2.18. The van der Waals surface area contributed by atoms with Gasteiger partial charge >= 0.3 is 18.2 Å². The summed E-state index contributed by atoms with van der Waals surface area (Å²) in [6.45, 7) is 9.03. The van der Waals surface area contributed by atoms with E-state index >= 15 is 0 Å². The second-order valence-corrected chi connectivity index (χ2v) is 17.7. The van der Waals surface area contributed by atoms with Gasteiger partial charge in [-0.1, -0.05) is 71.6 Å². The van der Waals surface area contributed by atoms with Crippen molar-refractivity contribution in [3.63, 3.8) is 0 Å². The van der Waals surface area contributed by atoms with Crippen molar-refractivity contribution in [2.75, 3.05) is 49.3 Å². The number of hydrogen-bond acceptors (Lipinski definition) is 12. The molecule has 3 unspecified atom stereocenters. The number of ether oxygens (including phenoxy) is 4. The Bertz CT molecular complexity index is 1890. The number of hydrogen-bond donors (Lipinski definition) is 3. The number of alkyl carbamates (subject to hydrolysis) is 2. The Hall–Kier alpha value is -3.83. The Labute approximate surface area is 365 Å². The first-order valence-electron chi connectivity index (χ1n) is 18.2. The fourth-order valence-electron chi connectivity index (χ4n) is 4.73. The maximum absolute atomic E-state index is 12.6. The highest BCUT2D eigenvalue weighted by Crippen LogP contribution is 2.30. The second-order valence-electron chi connectivity index (χ2n) is 12.4. The molecule has 2 amide bonds. The van der Waals surface area contributed by atoms with Gasteiger partial charge in [0.1, 0.15) is 18.8 Å². The van der Waals surface area contributed by atoms with Crippen LogP contribution in [0.15, 0.2) is 152 Å². The zero-order valence-corrected chi connectivity index (χ0v) is 36.9. The summed E-state index contributed by atoms with van der Waals surface area (Å²) in [5.74, 6) is 1.73. The minimum absolute atomic E-state index is 0.0255. The van der Waals surface area contributed by atoms with Crippen LogP contribution in [-0.2, 0) is 23.7 Å². The lowest BCUT2D eigenvalue weighted by Crippen LogP contribution is -2.34. The van der Waals surface area contributed by atoms with Crippen LogP contribution in [0.1, 0.15) is 6.92 Å². The fraction of sp³-hybridized carbons (Fsp3) is 0.279. The largest absolute Gasteiger partial charge is 0.460 e. The van der Waals surface area contributed by atoms with Crippen molar-refractivity contribution in [3.05, 3.63) is 132 Å². The van der Waals surface area contributed by atoms with Gasteiger partial charge < -0.3 is 34.7 Å². The Balaban J connectivity index is 1.29. The Morgan fingerprint density at radius 3 is 1.52 bits per heavy atom. The van der Waals surface area contributed by atoms with Gasteiger partial charge in [0.05, 0.1) is 13.2 Å². The Morgan fingerprint density at radius 2 is 1.09 bits per heavy atom. The van der Waals surface area contributed by atoms with Gasteiger partial charge in [0.25, 0.3) is 0 Å². The molecule has 0 aromatic heterocycles. The third-order valence-electron chi connectivity index (χ3n) is 7.70. The zero-order chi connectivity index (χ0) is 41.5. The molecule has 15 heteroatoms. The normalized spacial score (nSPS) is 12.4. The van der Waals surface area contributed by atoms with Crippen molar-refractivity contribution in [1.29, 1.82) is 0 Å². The third-order valence-corrected chi connectivity index (χ3v) is 12.8. The van der Waals surface area contributed by atoms with Crippen LogP contribution in [0, 0.1) is 0 Å². The highest BCUT2D eigenvalue weighted by atomic mass is 79.9. The molecule has 0 fully saturated rings. The summed E-state index contributed by atoms with van der Waals surface area (Å²) in [7, 11) is 0. The summed E-state index contributed by atoms with van der Waals surface area (Å²) >= 11 is 9.91. The van der Waals surface area contributed by atoms with E-state index in [2.05, 4.69) is 88.3 Å². The minimum Gasteiger partial charge on any atom is -0.460 e. The van der Waals surface area contributed by atoms with E-state index in [1.165, 1.54) is 6.08 Å². The number of thioether (sulfide) groups is 4. The number of benzene rings is 4. The lowest BCUT2D eigenvalue weighted by atomic mass is 10.1. The summed E-state index contributed by atoms with van der Waals surface area (Å²) in [5.41, 5.74) is 2.42. The summed E-state index contributed by atoms with van der Waals surface area (Å²) in [6.07, 6.45) is -1.70. The number of halogens is 1. The number of carbonyl (C=O) groups is 3. The van der Waals surface area contributed by atoms with Gasteiger partial charge in [0.2, 0.25) is 0 Å². The van der Waals surface area contributed by atoms with E-state index in [9.17, 15) is 19.5 Å². The summed E-state index contributed by atoms with van der Waals surface area (Å²) in [6, 6.07) is 34.5. The molecule has 4 rings (SSSR count). The average Bonchev–Trinajstić information content (AvgIpc) is 3.24. The number of amides is 2. The molecule has 4 aromatic carbocycles. The number of carbonyl (C=O) groups excluding carboxylic acids is 3. The molecular weight excluding hydrogens is 881 g/mol. The van der Waals surface area contributed by atoms with Gasteiger partial charge in [-0.25, -0.2) is 14.4 Å².